The third-order valence-corrected chi connectivity index (χ3v) is 2.75. The molecule has 1 aromatic heterocycles. The molecule has 0 unspecified atom stereocenters. The third-order valence-electron chi connectivity index (χ3n) is 2.75. The molecule has 0 aliphatic heterocycles. The quantitative estimate of drug-likeness (QED) is 0.872. The van der Waals surface area contributed by atoms with E-state index in [-0.39, 0.29) is 12.0 Å². The van der Waals surface area contributed by atoms with Gasteiger partial charge in [-0.2, -0.15) is 0 Å². The van der Waals surface area contributed by atoms with E-state index in [4.69, 9.17) is 0 Å². The lowest BCUT2D eigenvalue weighted by atomic mass is 9.97. The first-order valence-corrected chi connectivity index (χ1v) is 6.31. The number of hydrogen-bond acceptors (Lipinski definition) is 3. The predicted octanol–water partition coefficient (Wildman–Crippen LogP) is 2.49. The lowest BCUT2D eigenvalue weighted by Crippen LogP contribution is -2.21. The summed E-state index contributed by atoms with van der Waals surface area (Å²) in [6, 6.07) is 7.99. The first kappa shape index (κ1) is 12.9. The molecule has 18 heavy (non-hydrogen) atoms. The molecule has 0 radical (unpaired) electrons. The van der Waals surface area contributed by atoms with Gasteiger partial charge >= 0.3 is 0 Å². The fraction of sp³-hybridized carbons (Fsp3) is 0.500. The lowest BCUT2D eigenvalue weighted by molar-refractivity contribution is 0.278. The molecule has 0 bridgehead atoms. The SMILES string of the molecule is CC(C)(C)CNc1nc2ccccc2n1CCO. The van der Waals surface area contributed by atoms with E-state index in [9.17, 15) is 5.11 Å². The summed E-state index contributed by atoms with van der Waals surface area (Å²) in [5.74, 6) is 0.833. The summed E-state index contributed by atoms with van der Waals surface area (Å²) in [7, 11) is 0. The van der Waals surface area contributed by atoms with E-state index >= 15 is 0 Å². The largest absolute Gasteiger partial charge is 0.395 e. The summed E-state index contributed by atoms with van der Waals surface area (Å²) in [6.45, 7) is 8.07. The Morgan fingerprint density at radius 3 is 2.67 bits per heavy atom. The number of nitrogens with one attached hydrogen (secondary N) is 1. The van der Waals surface area contributed by atoms with Crippen molar-refractivity contribution >= 4 is 17.0 Å². The highest BCUT2D eigenvalue weighted by atomic mass is 16.3. The molecule has 0 atom stereocenters. The summed E-state index contributed by atoms with van der Waals surface area (Å²) >= 11 is 0. The molecular formula is C14H21N3O. The zero-order valence-corrected chi connectivity index (χ0v) is 11.3. The van der Waals surface area contributed by atoms with E-state index in [1.807, 2.05) is 28.8 Å². The Bertz CT molecular complexity index is 525. The van der Waals surface area contributed by atoms with Gasteiger partial charge < -0.3 is 15.0 Å². The summed E-state index contributed by atoms with van der Waals surface area (Å²) < 4.78 is 2.03. The highest BCUT2D eigenvalue weighted by Crippen LogP contribution is 2.21. The Hall–Kier alpha value is -1.55. The van der Waals surface area contributed by atoms with Gasteiger partial charge in [0.25, 0.3) is 0 Å². The molecule has 2 aromatic rings. The molecule has 0 amide bonds. The highest BCUT2D eigenvalue weighted by molar-refractivity contribution is 5.78. The van der Waals surface area contributed by atoms with Crippen LogP contribution in [0.3, 0.4) is 0 Å². The van der Waals surface area contributed by atoms with Gasteiger partial charge in [-0.1, -0.05) is 32.9 Å². The molecule has 0 aliphatic rings. The number of aliphatic hydroxyl groups excluding tert-OH is 1. The average molecular weight is 247 g/mol. The minimum atomic E-state index is 0.116. The number of aromatic nitrogens is 2. The summed E-state index contributed by atoms with van der Waals surface area (Å²) in [5.41, 5.74) is 2.22. The normalized spacial score (nSPS) is 12.0. The zero-order chi connectivity index (χ0) is 13.2. The maximum Gasteiger partial charge on any atom is 0.203 e. The van der Waals surface area contributed by atoms with Crippen LogP contribution in [0.1, 0.15) is 20.8 Å². The topological polar surface area (TPSA) is 50.1 Å². The number of hydrogen-bond donors (Lipinski definition) is 2. The maximum atomic E-state index is 9.17. The van der Waals surface area contributed by atoms with Crippen LogP contribution in [0, 0.1) is 5.41 Å². The van der Waals surface area contributed by atoms with E-state index in [0.29, 0.717) is 6.54 Å². The molecule has 2 rings (SSSR count). The van der Waals surface area contributed by atoms with Crippen molar-refractivity contribution in [3.05, 3.63) is 24.3 Å². The van der Waals surface area contributed by atoms with Crippen LogP contribution >= 0.6 is 0 Å². The molecule has 4 nitrogen and oxygen atoms in total. The third kappa shape index (κ3) is 2.82. The monoisotopic (exact) mass is 247 g/mol. The smallest absolute Gasteiger partial charge is 0.203 e. The van der Waals surface area contributed by atoms with Crippen molar-refractivity contribution < 1.29 is 5.11 Å². The van der Waals surface area contributed by atoms with E-state index in [1.54, 1.807) is 0 Å². The van der Waals surface area contributed by atoms with Crippen LogP contribution < -0.4 is 5.32 Å². The van der Waals surface area contributed by atoms with E-state index < -0.39 is 0 Å². The number of anilines is 1. The van der Waals surface area contributed by atoms with Crippen molar-refractivity contribution in [1.82, 2.24) is 9.55 Å². The second-order valence-corrected chi connectivity index (χ2v) is 5.71. The van der Waals surface area contributed by atoms with Crippen molar-refractivity contribution in [3.8, 4) is 0 Å². The number of para-hydroxylation sites is 2. The summed E-state index contributed by atoms with van der Waals surface area (Å²) in [4.78, 5) is 4.58. The van der Waals surface area contributed by atoms with E-state index in [0.717, 1.165) is 23.5 Å². The fourth-order valence-electron chi connectivity index (χ4n) is 1.88. The number of aliphatic hydroxyl groups is 1. The molecule has 1 heterocycles. The second-order valence-electron chi connectivity index (χ2n) is 5.71. The van der Waals surface area contributed by atoms with Crippen molar-refractivity contribution in [2.24, 2.45) is 5.41 Å². The molecule has 0 fully saturated rings. The van der Waals surface area contributed by atoms with Crippen molar-refractivity contribution in [2.75, 3.05) is 18.5 Å². The Kier molecular flexibility index (Phi) is 3.57. The first-order valence-electron chi connectivity index (χ1n) is 6.31. The summed E-state index contributed by atoms with van der Waals surface area (Å²) in [6.07, 6.45) is 0. The molecule has 2 N–H and O–H groups in total. The van der Waals surface area contributed by atoms with Crippen LogP contribution in [0.4, 0.5) is 5.95 Å². The number of fused-ring (bicyclic) bond motifs is 1. The zero-order valence-electron chi connectivity index (χ0n) is 11.3. The molecule has 98 valence electrons. The molecular weight excluding hydrogens is 226 g/mol. The summed E-state index contributed by atoms with van der Waals surface area (Å²) in [5, 5.41) is 12.5. The van der Waals surface area contributed by atoms with Crippen molar-refractivity contribution in [3.63, 3.8) is 0 Å². The Morgan fingerprint density at radius 2 is 2.00 bits per heavy atom. The van der Waals surface area contributed by atoms with Gasteiger partial charge in [0, 0.05) is 13.1 Å². The highest BCUT2D eigenvalue weighted by Gasteiger charge is 2.14. The van der Waals surface area contributed by atoms with Gasteiger partial charge in [0.05, 0.1) is 17.6 Å². The molecule has 1 aromatic carbocycles. The molecule has 0 spiro atoms. The van der Waals surface area contributed by atoms with Gasteiger partial charge in [-0.25, -0.2) is 4.98 Å². The van der Waals surface area contributed by atoms with Gasteiger partial charge in [0.2, 0.25) is 5.95 Å². The van der Waals surface area contributed by atoms with E-state index in [1.165, 1.54) is 0 Å². The van der Waals surface area contributed by atoms with Crippen LogP contribution in [0.15, 0.2) is 24.3 Å². The number of rotatable bonds is 4. The average Bonchev–Trinajstić information content (AvgIpc) is 2.65. The number of nitrogens with zero attached hydrogens (tertiary/aromatic N) is 2. The number of benzene rings is 1. The molecule has 0 saturated carbocycles. The van der Waals surface area contributed by atoms with Crippen LogP contribution in [0.25, 0.3) is 11.0 Å². The van der Waals surface area contributed by atoms with Gasteiger partial charge in [-0.3, -0.25) is 0 Å². The van der Waals surface area contributed by atoms with Crippen LogP contribution in [0.5, 0.6) is 0 Å². The van der Waals surface area contributed by atoms with Crippen LogP contribution in [-0.4, -0.2) is 27.8 Å². The minimum absolute atomic E-state index is 0.116. The van der Waals surface area contributed by atoms with E-state index in [2.05, 4.69) is 31.1 Å². The van der Waals surface area contributed by atoms with Crippen LogP contribution in [0.2, 0.25) is 0 Å². The van der Waals surface area contributed by atoms with Crippen LogP contribution in [-0.2, 0) is 6.54 Å². The molecule has 0 aliphatic carbocycles. The Balaban J connectivity index is 2.33. The second kappa shape index (κ2) is 4.98. The van der Waals surface area contributed by atoms with Gasteiger partial charge in [-0.15, -0.1) is 0 Å². The van der Waals surface area contributed by atoms with Gasteiger partial charge in [0.1, 0.15) is 0 Å². The first-order chi connectivity index (χ1) is 8.51. The van der Waals surface area contributed by atoms with Crippen molar-refractivity contribution in [2.45, 2.75) is 27.3 Å². The molecule has 0 saturated heterocycles. The number of imidazole rings is 1. The maximum absolute atomic E-state index is 9.17. The fourth-order valence-corrected chi connectivity index (χ4v) is 1.88. The minimum Gasteiger partial charge on any atom is -0.395 e. The predicted molar refractivity (Wildman–Crippen MR) is 74.8 cm³/mol. The van der Waals surface area contributed by atoms with Gasteiger partial charge in [-0.05, 0) is 17.5 Å². The lowest BCUT2D eigenvalue weighted by Gasteiger charge is -2.19. The molecule has 4 heteroatoms. The standard InChI is InChI=1S/C14H21N3O/c1-14(2,3)10-15-13-16-11-6-4-5-7-12(11)17(13)8-9-18/h4-7,18H,8-10H2,1-3H3,(H,15,16). The van der Waals surface area contributed by atoms with Crippen molar-refractivity contribution in [1.29, 1.82) is 0 Å². The Morgan fingerprint density at radius 1 is 1.28 bits per heavy atom. The Labute approximate surface area is 108 Å². The van der Waals surface area contributed by atoms with Gasteiger partial charge in [0.15, 0.2) is 0 Å².